The van der Waals surface area contributed by atoms with Crippen LogP contribution in [0.15, 0.2) is 106 Å². The summed E-state index contributed by atoms with van der Waals surface area (Å²) in [6.07, 6.45) is 0. The SMILES string of the molecule is Brc1cccc(-c2ccccc2)c1Oc1c(Br)cccc1-c1ccccc1. The van der Waals surface area contributed by atoms with Crippen molar-refractivity contribution in [3.8, 4) is 33.8 Å². The van der Waals surface area contributed by atoms with Crippen LogP contribution in [0.5, 0.6) is 11.5 Å². The summed E-state index contributed by atoms with van der Waals surface area (Å²) in [6, 6.07) is 32.7. The Morgan fingerprint density at radius 2 is 0.852 bits per heavy atom. The predicted molar refractivity (Wildman–Crippen MR) is 119 cm³/mol. The molecule has 0 unspecified atom stereocenters. The van der Waals surface area contributed by atoms with Crippen molar-refractivity contribution in [2.75, 3.05) is 0 Å². The van der Waals surface area contributed by atoms with Gasteiger partial charge in [-0.2, -0.15) is 0 Å². The van der Waals surface area contributed by atoms with Crippen LogP contribution in [0.25, 0.3) is 22.3 Å². The lowest BCUT2D eigenvalue weighted by Crippen LogP contribution is -1.93. The molecular weight excluding hydrogens is 464 g/mol. The molecule has 0 aliphatic heterocycles. The van der Waals surface area contributed by atoms with E-state index < -0.39 is 0 Å². The van der Waals surface area contributed by atoms with Gasteiger partial charge in [0.1, 0.15) is 11.5 Å². The third-order valence-corrected chi connectivity index (χ3v) is 5.56. The quantitative estimate of drug-likeness (QED) is 0.285. The summed E-state index contributed by atoms with van der Waals surface area (Å²) in [5.74, 6) is 1.60. The number of rotatable bonds is 4. The maximum Gasteiger partial charge on any atom is 0.149 e. The molecule has 0 atom stereocenters. The van der Waals surface area contributed by atoms with Gasteiger partial charge in [-0.05, 0) is 55.1 Å². The second-order valence-corrected chi connectivity index (χ2v) is 7.78. The fourth-order valence-corrected chi connectivity index (χ4v) is 3.91. The molecule has 0 fully saturated rings. The monoisotopic (exact) mass is 478 g/mol. The fraction of sp³-hybridized carbons (Fsp3) is 0. The summed E-state index contributed by atoms with van der Waals surface area (Å²) in [6.45, 7) is 0. The van der Waals surface area contributed by atoms with Crippen LogP contribution in [0.4, 0.5) is 0 Å². The number of hydrogen-bond donors (Lipinski definition) is 0. The number of para-hydroxylation sites is 2. The fourth-order valence-electron chi connectivity index (χ4n) is 3.02. The zero-order valence-electron chi connectivity index (χ0n) is 14.4. The Morgan fingerprint density at radius 1 is 0.444 bits per heavy atom. The molecule has 0 bridgehead atoms. The van der Waals surface area contributed by atoms with Crippen molar-refractivity contribution < 1.29 is 4.74 Å². The van der Waals surface area contributed by atoms with Gasteiger partial charge in [-0.15, -0.1) is 0 Å². The van der Waals surface area contributed by atoms with E-state index in [1.807, 2.05) is 60.7 Å². The van der Waals surface area contributed by atoms with E-state index in [9.17, 15) is 0 Å². The Kier molecular flexibility index (Phi) is 5.42. The normalized spacial score (nSPS) is 10.6. The lowest BCUT2D eigenvalue weighted by molar-refractivity contribution is 0.480. The number of halogens is 2. The molecule has 4 aromatic rings. The minimum absolute atomic E-state index is 0.799. The zero-order valence-corrected chi connectivity index (χ0v) is 17.6. The van der Waals surface area contributed by atoms with Gasteiger partial charge >= 0.3 is 0 Å². The van der Waals surface area contributed by atoms with Crippen LogP contribution < -0.4 is 4.74 Å². The van der Waals surface area contributed by atoms with Crippen molar-refractivity contribution in [2.45, 2.75) is 0 Å². The van der Waals surface area contributed by atoms with Gasteiger partial charge in [-0.1, -0.05) is 84.9 Å². The highest BCUT2D eigenvalue weighted by Gasteiger charge is 2.16. The Labute approximate surface area is 175 Å². The molecule has 0 spiro atoms. The average molecular weight is 480 g/mol. The molecule has 0 saturated carbocycles. The standard InChI is InChI=1S/C24H16Br2O/c25-21-15-7-13-19(17-9-3-1-4-10-17)23(21)27-24-20(14-8-16-22(24)26)18-11-5-2-6-12-18/h1-16H. The van der Waals surface area contributed by atoms with Crippen LogP contribution in [-0.4, -0.2) is 0 Å². The third kappa shape index (κ3) is 3.85. The van der Waals surface area contributed by atoms with Crippen molar-refractivity contribution in [2.24, 2.45) is 0 Å². The molecule has 0 N–H and O–H groups in total. The summed E-state index contributed by atoms with van der Waals surface area (Å²) < 4.78 is 8.35. The van der Waals surface area contributed by atoms with Crippen LogP contribution in [0.2, 0.25) is 0 Å². The van der Waals surface area contributed by atoms with E-state index in [0.717, 1.165) is 42.7 Å². The number of benzene rings is 4. The molecule has 1 nitrogen and oxygen atoms in total. The van der Waals surface area contributed by atoms with E-state index in [0.29, 0.717) is 0 Å². The first kappa shape index (κ1) is 18.0. The highest BCUT2D eigenvalue weighted by atomic mass is 79.9. The van der Waals surface area contributed by atoms with E-state index in [1.165, 1.54) is 0 Å². The lowest BCUT2D eigenvalue weighted by atomic mass is 10.0. The predicted octanol–water partition coefficient (Wildman–Crippen LogP) is 8.34. The Hall–Kier alpha value is -2.36. The van der Waals surface area contributed by atoms with Crippen LogP contribution in [0.1, 0.15) is 0 Å². The first-order chi connectivity index (χ1) is 13.2. The summed E-state index contributed by atoms with van der Waals surface area (Å²) in [5, 5.41) is 0. The third-order valence-electron chi connectivity index (χ3n) is 4.31. The van der Waals surface area contributed by atoms with Gasteiger partial charge in [0.15, 0.2) is 0 Å². The molecule has 4 aromatic carbocycles. The second kappa shape index (κ2) is 8.12. The maximum atomic E-state index is 6.52. The minimum atomic E-state index is 0.799. The van der Waals surface area contributed by atoms with E-state index in [4.69, 9.17) is 4.74 Å². The van der Waals surface area contributed by atoms with Crippen LogP contribution in [-0.2, 0) is 0 Å². The Morgan fingerprint density at radius 3 is 1.26 bits per heavy atom. The molecule has 3 heteroatoms. The zero-order chi connectivity index (χ0) is 18.6. The van der Waals surface area contributed by atoms with Gasteiger partial charge in [0.05, 0.1) is 8.95 Å². The summed E-state index contributed by atoms with van der Waals surface area (Å²) >= 11 is 7.33. The molecule has 0 heterocycles. The molecule has 4 rings (SSSR count). The Balaban J connectivity index is 1.85. The molecule has 27 heavy (non-hydrogen) atoms. The number of ether oxygens (including phenoxy) is 1. The summed E-state index contributed by atoms with van der Waals surface area (Å²) in [7, 11) is 0. The van der Waals surface area contributed by atoms with Crippen molar-refractivity contribution >= 4 is 31.9 Å². The van der Waals surface area contributed by atoms with Gasteiger partial charge in [0.25, 0.3) is 0 Å². The van der Waals surface area contributed by atoms with E-state index in [-0.39, 0.29) is 0 Å². The molecule has 0 amide bonds. The van der Waals surface area contributed by atoms with Crippen molar-refractivity contribution in [1.82, 2.24) is 0 Å². The van der Waals surface area contributed by atoms with Crippen molar-refractivity contribution in [3.63, 3.8) is 0 Å². The van der Waals surface area contributed by atoms with Gasteiger partial charge in [0.2, 0.25) is 0 Å². The number of hydrogen-bond acceptors (Lipinski definition) is 1. The summed E-state index contributed by atoms with van der Waals surface area (Å²) in [4.78, 5) is 0. The molecule has 0 radical (unpaired) electrons. The smallest absolute Gasteiger partial charge is 0.149 e. The van der Waals surface area contributed by atoms with Crippen molar-refractivity contribution in [3.05, 3.63) is 106 Å². The molecule has 0 aromatic heterocycles. The van der Waals surface area contributed by atoms with Gasteiger partial charge < -0.3 is 4.74 Å². The minimum Gasteiger partial charge on any atom is -0.454 e. The van der Waals surface area contributed by atoms with Crippen LogP contribution in [0, 0.1) is 0 Å². The van der Waals surface area contributed by atoms with Crippen LogP contribution >= 0.6 is 31.9 Å². The van der Waals surface area contributed by atoms with Crippen molar-refractivity contribution in [1.29, 1.82) is 0 Å². The Bertz CT molecular complexity index is 973. The van der Waals surface area contributed by atoms with Gasteiger partial charge in [0, 0.05) is 11.1 Å². The lowest BCUT2D eigenvalue weighted by Gasteiger charge is -2.17. The average Bonchev–Trinajstić information content (AvgIpc) is 2.72. The molecule has 0 aliphatic carbocycles. The van der Waals surface area contributed by atoms with Crippen LogP contribution in [0.3, 0.4) is 0 Å². The largest absolute Gasteiger partial charge is 0.454 e. The highest BCUT2D eigenvalue weighted by molar-refractivity contribution is 9.11. The highest BCUT2D eigenvalue weighted by Crippen LogP contribution is 2.44. The van der Waals surface area contributed by atoms with E-state index in [1.54, 1.807) is 0 Å². The second-order valence-electron chi connectivity index (χ2n) is 6.07. The van der Waals surface area contributed by atoms with E-state index in [2.05, 4.69) is 68.3 Å². The summed E-state index contributed by atoms with van der Waals surface area (Å²) in [5.41, 5.74) is 4.31. The van der Waals surface area contributed by atoms with Gasteiger partial charge in [-0.3, -0.25) is 0 Å². The first-order valence-corrected chi connectivity index (χ1v) is 10.2. The van der Waals surface area contributed by atoms with E-state index >= 15 is 0 Å². The topological polar surface area (TPSA) is 9.23 Å². The first-order valence-electron chi connectivity index (χ1n) is 8.60. The molecular formula is C24H16Br2O. The molecule has 0 saturated heterocycles. The molecule has 0 aliphatic rings. The molecule has 132 valence electrons. The van der Waals surface area contributed by atoms with Gasteiger partial charge in [-0.25, -0.2) is 0 Å². The maximum absolute atomic E-state index is 6.52.